The molecule has 0 saturated heterocycles. The molecule has 0 fully saturated rings. The first-order valence-corrected chi connectivity index (χ1v) is 10.2. The average molecular weight is 400 g/mol. The van der Waals surface area contributed by atoms with E-state index in [9.17, 15) is 16.8 Å². The largest absolute Gasteiger partial charge is 0.329 e. The lowest BCUT2D eigenvalue weighted by Crippen LogP contribution is -2.41. The van der Waals surface area contributed by atoms with E-state index < -0.39 is 26.1 Å². The maximum Gasteiger partial charge on any atom is 0.242 e. The quantitative estimate of drug-likeness (QED) is 0.677. The maximum absolute atomic E-state index is 12.5. The molecule has 24 heavy (non-hydrogen) atoms. The van der Waals surface area contributed by atoms with Gasteiger partial charge in [0.2, 0.25) is 20.0 Å². The Labute approximate surface area is 151 Å². The molecule has 1 aromatic carbocycles. The van der Waals surface area contributed by atoms with E-state index in [2.05, 4.69) is 4.72 Å². The van der Waals surface area contributed by atoms with Gasteiger partial charge in [0.25, 0.3) is 0 Å². The Morgan fingerprint density at radius 3 is 2.12 bits per heavy atom. The van der Waals surface area contributed by atoms with Crippen LogP contribution in [0.1, 0.15) is 20.3 Å². The molecule has 0 aliphatic carbocycles. The van der Waals surface area contributed by atoms with Crippen molar-refractivity contribution >= 4 is 32.5 Å². The average Bonchev–Trinajstić information content (AvgIpc) is 2.45. The second-order valence-corrected chi connectivity index (χ2v) is 9.81. The number of nitrogens with one attached hydrogen (secondary N) is 1. The smallest absolute Gasteiger partial charge is 0.242 e. The van der Waals surface area contributed by atoms with Crippen molar-refractivity contribution in [2.45, 2.75) is 36.1 Å². The summed E-state index contributed by atoms with van der Waals surface area (Å²) in [4.78, 5) is -0.166. The van der Waals surface area contributed by atoms with Gasteiger partial charge in [0.05, 0.1) is 9.79 Å². The van der Waals surface area contributed by atoms with Gasteiger partial charge in [-0.2, -0.15) is 0 Å². The Kier molecular flexibility index (Phi) is 8.85. The fraction of sp³-hybridized carbons (Fsp3) is 0.571. The van der Waals surface area contributed by atoms with Crippen molar-refractivity contribution in [1.29, 1.82) is 0 Å². The van der Waals surface area contributed by atoms with Gasteiger partial charge >= 0.3 is 0 Å². The Bertz CT molecular complexity index is 734. The maximum atomic E-state index is 12.5. The second kappa shape index (κ2) is 9.12. The standard InChI is InChI=1S/C14H25N3O4S2.ClH/c1-11(2)8-12(10-15)16-22(18,19)13-6-5-7-14(9-13)23(20,21)17(3)4;/h5-7,9,11-12,16H,8,10,15H2,1-4H3;1H. The monoisotopic (exact) mass is 399 g/mol. The number of halogens is 1. The lowest BCUT2D eigenvalue weighted by molar-refractivity contribution is 0.465. The highest BCUT2D eigenvalue weighted by Gasteiger charge is 2.23. The summed E-state index contributed by atoms with van der Waals surface area (Å²) < 4.78 is 52.7. The van der Waals surface area contributed by atoms with Crippen LogP contribution >= 0.6 is 12.4 Å². The molecule has 1 unspecified atom stereocenters. The number of hydrogen-bond acceptors (Lipinski definition) is 5. The van der Waals surface area contributed by atoms with Crippen LogP contribution < -0.4 is 10.5 Å². The molecule has 0 aliphatic heterocycles. The first-order chi connectivity index (χ1) is 10.5. The van der Waals surface area contributed by atoms with Crippen LogP contribution in [0, 0.1) is 5.92 Å². The lowest BCUT2D eigenvalue weighted by Gasteiger charge is -2.19. The molecule has 0 saturated carbocycles. The zero-order valence-electron chi connectivity index (χ0n) is 14.3. The second-order valence-electron chi connectivity index (χ2n) is 5.95. The minimum atomic E-state index is -3.84. The van der Waals surface area contributed by atoms with Crippen molar-refractivity contribution in [2.75, 3.05) is 20.6 Å². The van der Waals surface area contributed by atoms with Crippen LogP contribution in [0.5, 0.6) is 0 Å². The summed E-state index contributed by atoms with van der Waals surface area (Å²) in [5.41, 5.74) is 5.62. The minimum absolute atomic E-state index is 0. The molecule has 1 rings (SSSR count). The fourth-order valence-electron chi connectivity index (χ4n) is 2.06. The number of benzene rings is 1. The van der Waals surface area contributed by atoms with Gasteiger partial charge in [-0.3, -0.25) is 0 Å². The van der Waals surface area contributed by atoms with E-state index in [-0.39, 0.29) is 34.7 Å². The summed E-state index contributed by atoms with van der Waals surface area (Å²) in [5, 5.41) is 0. The van der Waals surface area contributed by atoms with Crippen molar-refractivity contribution in [1.82, 2.24) is 9.03 Å². The molecule has 0 amide bonds. The molecule has 0 radical (unpaired) electrons. The zero-order chi connectivity index (χ0) is 17.8. The van der Waals surface area contributed by atoms with E-state index in [1.54, 1.807) is 0 Å². The molecule has 0 spiro atoms. The molecule has 3 N–H and O–H groups in total. The SMILES string of the molecule is CC(C)CC(CN)NS(=O)(=O)c1cccc(S(=O)(=O)N(C)C)c1.Cl. The predicted octanol–water partition coefficient (Wildman–Crippen LogP) is 1.01. The van der Waals surface area contributed by atoms with Crippen molar-refractivity contribution in [2.24, 2.45) is 11.7 Å². The molecule has 0 bridgehead atoms. The summed E-state index contributed by atoms with van der Waals surface area (Å²) in [7, 11) is -4.75. The highest BCUT2D eigenvalue weighted by Crippen LogP contribution is 2.18. The van der Waals surface area contributed by atoms with E-state index in [0.29, 0.717) is 6.42 Å². The number of nitrogens with two attached hydrogens (primary N) is 1. The molecule has 1 aromatic rings. The molecule has 0 heterocycles. The van der Waals surface area contributed by atoms with Gasteiger partial charge < -0.3 is 5.73 Å². The van der Waals surface area contributed by atoms with Crippen LogP contribution in [0.15, 0.2) is 34.1 Å². The van der Waals surface area contributed by atoms with Gasteiger partial charge in [0, 0.05) is 26.7 Å². The molecular weight excluding hydrogens is 374 g/mol. The van der Waals surface area contributed by atoms with Crippen LogP contribution in [-0.2, 0) is 20.0 Å². The Balaban J connectivity index is 0.00000529. The first-order valence-electron chi connectivity index (χ1n) is 7.25. The Morgan fingerprint density at radius 1 is 1.12 bits per heavy atom. The lowest BCUT2D eigenvalue weighted by atomic mass is 10.1. The summed E-state index contributed by atoms with van der Waals surface area (Å²) in [5.74, 6) is 0.284. The van der Waals surface area contributed by atoms with Crippen LogP contribution in [-0.4, -0.2) is 47.8 Å². The van der Waals surface area contributed by atoms with Crippen LogP contribution in [0.4, 0.5) is 0 Å². The van der Waals surface area contributed by atoms with Crippen molar-refractivity contribution in [3.8, 4) is 0 Å². The van der Waals surface area contributed by atoms with Crippen LogP contribution in [0.2, 0.25) is 0 Å². The summed E-state index contributed by atoms with van der Waals surface area (Å²) in [6.45, 7) is 4.12. The highest BCUT2D eigenvalue weighted by molar-refractivity contribution is 7.90. The molecular formula is C14H26ClN3O4S2. The zero-order valence-corrected chi connectivity index (χ0v) is 16.7. The van der Waals surface area contributed by atoms with E-state index in [4.69, 9.17) is 5.73 Å². The van der Waals surface area contributed by atoms with Crippen molar-refractivity contribution in [3.05, 3.63) is 24.3 Å². The first kappa shape index (κ1) is 23.3. The fourth-order valence-corrected chi connectivity index (χ4v) is 4.39. The Hall–Kier alpha value is -0.710. The van der Waals surface area contributed by atoms with Crippen LogP contribution in [0.3, 0.4) is 0 Å². The van der Waals surface area contributed by atoms with Gasteiger partial charge in [-0.25, -0.2) is 25.9 Å². The number of sulfonamides is 2. The van der Waals surface area contributed by atoms with Crippen LogP contribution in [0.25, 0.3) is 0 Å². The summed E-state index contributed by atoms with van der Waals surface area (Å²) in [6, 6.07) is 4.89. The predicted molar refractivity (Wildman–Crippen MR) is 97.2 cm³/mol. The van der Waals surface area contributed by atoms with Gasteiger partial charge in [0.1, 0.15) is 0 Å². The number of hydrogen-bond donors (Lipinski definition) is 2. The molecule has 140 valence electrons. The molecule has 0 aliphatic rings. The highest BCUT2D eigenvalue weighted by atomic mass is 35.5. The van der Waals surface area contributed by atoms with Gasteiger partial charge in [-0.05, 0) is 30.5 Å². The third-order valence-electron chi connectivity index (χ3n) is 3.26. The normalized spacial score (nSPS) is 13.8. The third-order valence-corrected chi connectivity index (χ3v) is 6.59. The molecule has 0 aromatic heterocycles. The van der Waals surface area contributed by atoms with E-state index >= 15 is 0 Å². The van der Waals surface area contributed by atoms with E-state index in [1.807, 2.05) is 13.8 Å². The molecule has 10 heteroatoms. The van der Waals surface area contributed by atoms with Crippen molar-refractivity contribution < 1.29 is 16.8 Å². The van der Waals surface area contributed by atoms with Gasteiger partial charge in [0.15, 0.2) is 0 Å². The molecule has 7 nitrogen and oxygen atoms in total. The van der Waals surface area contributed by atoms with Crippen molar-refractivity contribution in [3.63, 3.8) is 0 Å². The molecule has 1 atom stereocenters. The van der Waals surface area contributed by atoms with E-state index in [0.717, 1.165) is 10.4 Å². The number of rotatable bonds is 8. The van der Waals surface area contributed by atoms with Gasteiger partial charge in [-0.1, -0.05) is 19.9 Å². The summed E-state index contributed by atoms with van der Waals surface area (Å²) in [6.07, 6.45) is 0.603. The topological polar surface area (TPSA) is 110 Å². The summed E-state index contributed by atoms with van der Waals surface area (Å²) >= 11 is 0. The van der Waals surface area contributed by atoms with E-state index in [1.165, 1.54) is 32.3 Å². The number of nitrogens with zero attached hydrogens (tertiary/aromatic N) is 1. The minimum Gasteiger partial charge on any atom is -0.329 e. The van der Waals surface area contributed by atoms with Gasteiger partial charge in [-0.15, -0.1) is 12.4 Å². The third kappa shape index (κ3) is 5.98. The Morgan fingerprint density at radius 2 is 1.67 bits per heavy atom.